The molecule has 0 atom stereocenters. The van der Waals surface area contributed by atoms with E-state index in [2.05, 4.69) is 61.0 Å². The van der Waals surface area contributed by atoms with Gasteiger partial charge in [-0.25, -0.2) is 4.99 Å². The van der Waals surface area contributed by atoms with Crippen LogP contribution in [0.2, 0.25) is 0 Å². The predicted molar refractivity (Wildman–Crippen MR) is 123 cm³/mol. The van der Waals surface area contributed by atoms with Crippen LogP contribution in [0, 0.1) is 0 Å². The molecule has 6 heteroatoms. The molecule has 0 aliphatic heterocycles. The van der Waals surface area contributed by atoms with Crippen LogP contribution < -0.4 is 20.7 Å². The number of guanidine groups is 1. The van der Waals surface area contributed by atoms with E-state index in [9.17, 15) is 4.79 Å². The molecule has 2 rings (SSSR count). The van der Waals surface area contributed by atoms with E-state index in [1.165, 1.54) is 5.56 Å². The van der Waals surface area contributed by atoms with Crippen LogP contribution in [0.25, 0.3) is 0 Å². The molecule has 0 aliphatic carbocycles. The molecule has 0 radical (unpaired) electrons. The molecule has 162 valence electrons. The molecular formula is C24H34N4O2. The highest BCUT2D eigenvalue weighted by Crippen LogP contribution is 2.21. The van der Waals surface area contributed by atoms with Crippen LogP contribution in [-0.4, -0.2) is 38.1 Å². The average molecular weight is 411 g/mol. The Kier molecular flexibility index (Phi) is 9.19. The smallest absolute Gasteiger partial charge is 0.257 e. The lowest BCUT2D eigenvalue weighted by molar-refractivity contribution is -0.122. The zero-order valence-electron chi connectivity index (χ0n) is 18.5. The minimum Gasteiger partial charge on any atom is -0.484 e. The monoisotopic (exact) mass is 410 g/mol. The van der Waals surface area contributed by atoms with Gasteiger partial charge in [0.15, 0.2) is 12.6 Å². The number of nitrogens with one attached hydrogen (secondary N) is 3. The number of carbonyl (C=O) groups excluding carboxylic acids is 1. The summed E-state index contributed by atoms with van der Waals surface area (Å²) in [4.78, 5) is 16.3. The maximum absolute atomic E-state index is 11.6. The second-order valence-corrected chi connectivity index (χ2v) is 7.69. The Bertz CT molecular complexity index is 819. The van der Waals surface area contributed by atoms with E-state index >= 15 is 0 Å². The molecule has 0 aromatic heterocycles. The van der Waals surface area contributed by atoms with Crippen LogP contribution in [-0.2, 0) is 16.8 Å². The predicted octanol–water partition coefficient (Wildman–Crippen LogP) is 3.23. The third-order valence-corrected chi connectivity index (χ3v) is 4.66. The van der Waals surface area contributed by atoms with Crippen LogP contribution in [0.3, 0.4) is 0 Å². The summed E-state index contributed by atoms with van der Waals surface area (Å²) in [5.41, 5.74) is 2.28. The zero-order chi connectivity index (χ0) is 21.8. The Balaban J connectivity index is 1.97. The lowest BCUT2D eigenvalue weighted by atomic mass is 9.85. The summed E-state index contributed by atoms with van der Waals surface area (Å²) in [7, 11) is 0. The molecule has 0 aliphatic rings. The van der Waals surface area contributed by atoms with Gasteiger partial charge < -0.3 is 20.7 Å². The quantitative estimate of drug-likeness (QED) is 0.415. The first-order chi connectivity index (χ1) is 14.4. The molecule has 0 saturated carbocycles. The summed E-state index contributed by atoms with van der Waals surface area (Å²) in [6.07, 6.45) is 0. The van der Waals surface area contributed by atoms with Gasteiger partial charge in [0.05, 0.1) is 6.54 Å². The van der Waals surface area contributed by atoms with Gasteiger partial charge >= 0.3 is 0 Å². The molecule has 2 aromatic rings. The van der Waals surface area contributed by atoms with E-state index in [0.717, 1.165) is 24.6 Å². The highest BCUT2D eigenvalue weighted by molar-refractivity contribution is 5.80. The maximum Gasteiger partial charge on any atom is 0.257 e. The van der Waals surface area contributed by atoms with Crippen molar-refractivity contribution in [1.82, 2.24) is 16.0 Å². The van der Waals surface area contributed by atoms with Crippen LogP contribution >= 0.6 is 0 Å². The van der Waals surface area contributed by atoms with Gasteiger partial charge in [-0.05, 0) is 37.1 Å². The Morgan fingerprint density at radius 3 is 2.40 bits per heavy atom. The Morgan fingerprint density at radius 2 is 1.70 bits per heavy atom. The number of amides is 1. The number of likely N-dealkylation sites (N-methyl/N-ethyl adjacent to an activating group) is 1. The molecule has 0 spiro atoms. The number of aliphatic imine (C=N–C) groups is 1. The largest absolute Gasteiger partial charge is 0.484 e. The van der Waals surface area contributed by atoms with E-state index in [4.69, 9.17) is 9.73 Å². The average Bonchev–Trinajstić information content (AvgIpc) is 2.75. The SMILES string of the molecule is CCNC(=O)COc1cccc(CN=C(NCC)NCC(C)(C)c2ccccc2)c1. The number of ether oxygens (including phenoxy) is 1. The second-order valence-electron chi connectivity index (χ2n) is 7.69. The lowest BCUT2D eigenvalue weighted by Crippen LogP contribution is -2.43. The summed E-state index contributed by atoms with van der Waals surface area (Å²) < 4.78 is 5.56. The van der Waals surface area contributed by atoms with E-state index in [-0.39, 0.29) is 17.9 Å². The number of benzene rings is 2. The minimum absolute atomic E-state index is 0.0132. The van der Waals surface area contributed by atoms with Gasteiger partial charge in [-0.3, -0.25) is 4.79 Å². The topological polar surface area (TPSA) is 74.8 Å². The maximum atomic E-state index is 11.6. The molecule has 0 bridgehead atoms. The molecule has 3 N–H and O–H groups in total. The van der Waals surface area contributed by atoms with Gasteiger partial charge in [0.1, 0.15) is 5.75 Å². The zero-order valence-corrected chi connectivity index (χ0v) is 18.5. The van der Waals surface area contributed by atoms with Gasteiger partial charge in [-0.15, -0.1) is 0 Å². The fourth-order valence-corrected chi connectivity index (χ4v) is 2.94. The Hall–Kier alpha value is -3.02. The van der Waals surface area contributed by atoms with Crippen LogP contribution in [0.1, 0.15) is 38.8 Å². The molecule has 2 aromatic carbocycles. The molecule has 0 fully saturated rings. The number of hydrogen-bond donors (Lipinski definition) is 3. The Morgan fingerprint density at radius 1 is 0.967 bits per heavy atom. The number of nitrogens with zero attached hydrogens (tertiary/aromatic N) is 1. The van der Waals surface area contributed by atoms with Crippen molar-refractivity contribution in [3.63, 3.8) is 0 Å². The standard InChI is InChI=1S/C24H34N4O2/c1-5-25-22(29)17-30-21-14-10-11-19(15-21)16-27-23(26-6-2)28-18-24(3,4)20-12-8-7-9-13-20/h7-15H,5-6,16-18H2,1-4H3,(H,25,29)(H2,26,27,28). The van der Waals surface area contributed by atoms with Gasteiger partial charge in [0, 0.05) is 25.0 Å². The van der Waals surface area contributed by atoms with Crippen molar-refractivity contribution < 1.29 is 9.53 Å². The normalized spacial score (nSPS) is 11.7. The van der Waals surface area contributed by atoms with E-state index in [1.807, 2.05) is 37.3 Å². The second kappa shape index (κ2) is 11.9. The van der Waals surface area contributed by atoms with E-state index < -0.39 is 0 Å². The third kappa shape index (κ3) is 7.78. The fraction of sp³-hybridized carbons (Fsp3) is 0.417. The molecule has 6 nitrogen and oxygen atoms in total. The highest BCUT2D eigenvalue weighted by Gasteiger charge is 2.20. The number of rotatable bonds is 10. The lowest BCUT2D eigenvalue weighted by Gasteiger charge is -2.26. The van der Waals surface area contributed by atoms with Crippen LogP contribution in [0.5, 0.6) is 5.75 Å². The number of hydrogen-bond acceptors (Lipinski definition) is 3. The van der Waals surface area contributed by atoms with Crippen molar-refractivity contribution in [3.05, 3.63) is 65.7 Å². The Labute approximate surface area is 180 Å². The van der Waals surface area contributed by atoms with Gasteiger partial charge in [-0.1, -0.05) is 56.3 Å². The first kappa shape index (κ1) is 23.3. The summed E-state index contributed by atoms with van der Waals surface area (Å²) in [6.45, 7) is 11.0. The van der Waals surface area contributed by atoms with Gasteiger partial charge in [0.2, 0.25) is 0 Å². The highest BCUT2D eigenvalue weighted by atomic mass is 16.5. The molecular weight excluding hydrogens is 376 g/mol. The van der Waals surface area contributed by atoms with Gasteiger partial charge in [-0.2, -0.15) is 0 Å². The minimum atomic E-state index is -0.124. The number of carbonyl (C=O) groups is 1. The fourth-order valence-electron chi connectivity index (χ4n) is 2.94. The first-order valence-corrected chi connectivity index (χ1v) is 10.5. The van der Waals surface area contributed by atoms with Crippen molar-refractivity contribution >= 4 is 11.9 Å². The summed E-state index contributed by atoms with van der Waals surface area (Å²) in [5.74, 6) is 1.31. The van der Waals surface area contributed by atoms with Crippen molar-refractivity contribution in [2.75, 3.05) is 26.2 Å². The summed E-state index contributed by atoms with van der Waals surface area (Å²) >= 11 is 0. The van der Waals surface area contributed by atoms with Crippen molar-refractivity contribution in [2.24, 2.45) is 4.99 Å². The van der Waals surface area contributed by atoms with E-state index in [1.54, 1.807) is 0 Å². The molecule has 0 heterocycles. The van der Waals surface area contributed by atoms with Crippen molar-refractivity contribution in [1.29, 1.82) is 0 Å². The third-order valence-electron chi connectivity index (χ3n) is 4.66. The van der Waals surface area contributed by atoms with Crippen molar-refractivity contribution in [2.45, 2.75) is 39.7 Å². The van der Waals surface area contributed by atoms with Crippen LogP contribution in [0.15, 0.2) is 59.6 Å². The summed E-state index contributed by atoms with van der Waals surface area (Å²) in [5, 5.41) is 9.47. The van der Waals surface area contributed by atoms with E-state index in [0.29, 0.717) is 18.8 Å². The molecule has 1 amide bonds. The van der Waals surface area contributed by atoms with Gasteiger partial charge in [0.25, 0.3) is 5.91 Å². The first-order valence-electron chi connectivity index (χ1n) is 10.5. The molecule has 30 heavy (non-hydrogen) atoms. The van der Waals surface area contributed by atoms with Crippen LogP contribution in [0.4, 0.5) is 0 Å². The van der Waals surface area contributed by atoms with Crippen molar-refractivity contribution in [3.8, 4) is 5.75 Å². The molecule has 0 saturated heterocycles. The molecule has 0 unspecified atom stereocenters. The summed E-state index contributed by atoms with van der Waals surface area (Å²) in [6, 6.07) is 18.1.